The van der Waals surface area contributed by atoms with Gasteiger partial charge in [-0.3, -0.25) is 0 Å². The molecule has 0 amide bonds. The molecule has 0 saturated heterocycles. The van der Waals surface area contributed by atoms with Crippen LogP contribution in [0, 0.1) is 0 Å². The molecule has 0 N–H and O–H groups in total. The molecule has 0 saturated carbocycles. The Morgan fingerprint density at radius 1 is 1.00 bits per heavy atom. The Morgan fingerprint density at radius 3 is 1.00 bits per heavy atom. The molecular formula is Cl4FSb. The second-order valence-corrected chi connectivity index (χ2v) is 28.3. The van der Waals surface area contributed by atoms with Gasteiger partial charge in [0.2, 0.25) is 0 Å². The van der Waals surface area contributed by atoms with Gasteiger partial charge in [-0.1, -0.05) is 0 Å². The quantitative estimate of drug-likeness (QED) is 0.599. The molecule has 0 aliphatic rings. The first-order valence-electron chi connectivity index (χ1n) is 0.845. The van der Waals surface area contributed by atoms with Gasteiger partial charge in [-0.05, 0) is 0 Å². The van der Waals surface area contributed by atoms with Gasteiger partial charge in [-0.2, -0.15) is 0 Å². The van der Waals surface area contributed by atoms with Crippen LogP contribution in [0.4, 0.5) is 2.81 Å². The topological polar surface area (TPSA) is 0 Å². The van der Waals surface area contributed by atoms with Crippen LogP contribution in [0.25, 0.3) is 0 Å². The van der Waals surface area contributed by atoms with Crippen LogP contribution in [0.1, 0.15) is 0 Å². The summed E-state index contributed by atoms with van der Waals surface area (Å²) in [4.78, 5) is 0. The number of halogens is 5. The van der Waals surface area contributed by atoms with E-state index in [1.54, 1.807) is 0 Å². The van der Waals surface area contributed by atoms with Crippen LogP contribution >= 0.6 is 35.3 Å². The molecule has 6 heavy (non-hydrogen) atoms. The van der Waals surface area contributed by atoms with Gasteiger partial charge in [0, 0.05) is 0 Å². The third-order valence-electron chi connectivity index (χ3n) is 0. The summed E-state index contributed by atoms with van der Waals surface area (Å²) in [6.45, 7) is 0. The fourth-order valence-electron chi connectivity index (χ4n) is 0. The van der Waals surface area contributed by atoms with E-state index < -0.39 is 13.4 Å². The molecule has 40 valence electrons. The maximum absolute atomic E-state index is 11.6. The molecule has 0 aliphatic carbocycles. The zero-order valence-corrected chi connectivity index (χ0v) is 7.91. The van der Waals surface area contributed by atoms with E-state index >= 15 is 0 Å². The van der Waals surface area contributed by atoms with Crippen LogP contribution in [0.15, 0.2) is 0 Å². The van der Waals surface area contributed by atoms with E-state index in [1.165, 1.54) is 0 Å². The molecule has 0 aromatic carbocycles. The van der Waals surface area contributed by atoms with Crippen molar-refractivity contribution in [2.45, 2.75) is 0 Å². The van der Waals surface area contributed by atoms with Crippen molar-refractivity contribution in [2.24, 2.45) is 0 Å². The predicted molar refractivity (Wildman–Crippen MR) is 30.3 cm³/mol. The molecule has 0 radical (unpaired) electrons. The molecule has 0 rings (SSSR count). The van der Waals surface area contributed by atoms with Gasteiger partial charge < -0.3 is 0 Å². The minimum absolute atomic E-state index is 4.62. The minimum atomic E-state index is -5.30. The summed E-state index contributed by atoms with van der Waals surface area (Å²) in [6, 6.07) is 0. The average Bonchev–Trinajstić information content (AvgIpc) is 0.650. The normalized spacial score (nSPS) is 19.2. The standard InChI is InChI=1S/4ClH.FH.Sb/h5*1H;/q;;;;;+5/p-5. The van der Waals surface area contributed by atoms with E-state index in [1.807, 2.05) is 0 Å². The fraction of sp³-hybridized carbons (Fsp3) is 0. The summed E-state index contributed by atoms with van der Waals surface area (Å²) >= 11 is -5.30. The van der Waals surface area contributed by atoms with Gasteiger partial charge in [0.1, 0.15) is 0 Å². The maximum atomic E-state index is 11.6. The van der Waals surface area contributed by atoms with Crippen LogP contribution < -0.4 is 0 Å². The van der Waals surface area contributed by atoms with Crippen molar-refractivity contribution in [3.8, 4) is 0 Å². The Bertz CT molecular complexity index is 40.7. The molecule has 6 heteroatoms. The Hall–Kier alpha value is 1.91. The Balaban J connectivity index is 3.73. The van der Waals surface area contributed by atoms with Crippen molar-refractivity contribution in [3.05, 3.63) is 0 Å². The van der Waals surface area contributed by atoms with Crippen LogP contribution in [0.3, 0.4) is 0 Å². The summed E-state index contributed by atoms with van der Waals surface area (Å²) in [5.74, 6) is 0. The molecule has 0 nitrogen and oxygen atoms in total. The van der Waals surface area contributed by atoms with Gasteiger partial charge in [0.15, 0.2) is 0 Å². The number of hydrogen-bond acceptors (Lipinski definition) is 0. The SMILES string of the molecule is [F][Sb]([Cl])([Cl])([Cl])[Cl]. The van der Waals surface area contributed by atoms with Gasteiger partial charge in [-0.25, -0.2) is 0 Å². The van der Waals surface area contributed by atoms with Crippen LogP contribution in [0.2, 0.25) is 0 Å². The summed E-state index contributed by atoms with van der Waals surface area (Å²) in [5, 5.41) is 0. The molecule has 0 aromatic rings. The molecule has 0 unspecified atom stereocenters. The van der Waals surface area contributed by atoms with Crippen molar-refractivity contribution >= 4 is 48.7 Å². The molecule has 0 atom stereocenters. The summed E-state index contributed by atoms with van der Waals surface area (Å²) in [6.07, 6.45) is 0. The summed E-state index contributed by atoms with van der Waals surface area (Å²) in [7, 11) is 18.5. The molecule has 0 spiro atoms. The van der Waals surface area contributed by atoms with Crippen molar-refractivity contribution in [1.29, 1.82) is 0 Å². The predicted octanol–water partition coefficient (Wildman–Crippen LogP) is 2.80. The number of rotatable bonds is 0. The van der Waals surface area contributed by atoms with E-state index in [9.17, 15) is 2.81 Å². The third kappa shape index (κ3) is 39.1. The zero-order valence-electron chi connectivity index (χ0n) is 2.34. The van der Waals surface area contributed by atoms with Gasteiger partial charge in [0.05, 0.1) is 0 Å². The summed E-state index contributed by atoms with van der Waals surface area (Å²) in [5.41, 5.74) is 0. The molecule has 0 aliphatic heterocycles. The second kappa shape index (κ2) is 1.70. The van der Waals surface area contributed by atoms with E-state index in [-0.39, 0.29) is 0 Å². The molecule has 0 bridgehead atoms. The van der Waals surface area contributed by atoms with E-state index in [0.717, 1.165) is 0 Å². The molecular weight excluding hydrogens is 283 g/mol. The first-order valence-corrected chi connectivity index (χ1v) is 14.7. The van der Waals surface area contributed by atoms with E-state index in [2.05, 4.69) is 35.3 Å². The van der Waals surface area contributed by atoms with Crippen LogP contribution in [-0.2, 0) is 0 Å². The average molecular weight is 283 g/mol. The fourth-order valence-corrected chi connectivity index (χ4v) is 0. The monoisotopic (exact) mass is 280 g/mol. The van der Waals surface area contributed by atoms with Gasteiger partial charge >= 0.3 is 51.5 Å². The Morgan fingerprint density at radius 2 is 1.00 bits per heavy atom. The molecule has 0 aromatic heterocycles. The van der Waals surface area contributed by atoms with Gasteiger partial charge in [-0.15, -0.1) is 0 Å². The Labute approximate surface area is 51.1 Å². The molecule has 0 fully saturated rings. The van der Waals surface area contributed by atoms with Crippen molar-refractivity contribution in [2.75, 3.05) is 0 Å². The zero-order chi connectivity index (χ0) is 5.45. The second-order valence-electron chi connectivity index (χ2n) is 0.639. The van der Waals surface area contributed by atoms with Gasteiger partial charge in [0.25, 0.3) is 0 Å². The van der Waals surface area contributed by atoms with Crippen molar-refractivity contribution in [1.82, 2.24) is 0 Å². The van der Waals surface area contributed by atoms with Crippen LogP contribution in [-0.4, -0.2) is 13.4 Å². The Kier molecular flexibility index (Phi) is 2.24. The van der Waals surface area contributed by atoms with Crippen LogP contribution in [0.5, 0.6) is 0 Å². The van der Waals surface area contributed by atoms with Crippen molar-refractivity contribution < 1.29 is 2.81 Å². The van der Waals surface area contributed by atoms with E-state index in [4.69, 9.17) is 0 Å². The first-order chi connectivity index (χ1) is 2.24. The van der Waals surface area contributed by atoms with E-state index in [0.29, 0.717) is 0 Å². The molecule has 0 heterocycles. The third-order valence-corrected chi connectivity index (χ3v) is 0. The number of hydrogen-bond donors (Lipinski definition) is 0. The summed E-state index contributed by atoms with van der Waals surface area (Å²) < 4.78 is 11.6. The van der Waals surface area contributed by atoms with Crippen molar-refractivity contribution in [3.63, 3.8) is 0 Å². The first kappa shape index (κ1) is 7.91.